The minimum atomic E-state index is -0.171. The van der Waals surface area contributed by atoms with Gasteiger partial charge in [0.05, 0.1) is 13.4 Å². The van der Waals surface area contributed by atoms with Gasteiger partial charge in [-0.3, -0.25) is 9.79 Å². The number of hydrogen-bond acceptors (Lipinski definition) is 5. The number of methoxy groups -OCH3 is 1. The lowest BCUT2D eigenvalue weighted by atomic mass is 10.2. The van der Waals surface area contributed by atoms with Crippen LogP contribution in [-0.2, 0) is 0 Å². The van der Waals surface area contributed by atoms with Crippen LogP contribution in [0.15, 0.2) is 46.0 Å². The highest BCUT2D eigenvalue weighted by atomic mass is 127. The topological polar surface area (TPSA) is 82.3 Å². The summed E-state index contributed by atoms with van der Waals surface area (Å²) in [7, 11) is 3.49. The van der Waals surface area contributed by atoms with Gasteiger partial charge in [0, 0.05) is 63.6 Å². The lowest BCUT2D eigenvalue weighted by molar-refractivity contribution is 0.0925. The molecule has 0 spiro atoms. The number of aliphatic imine (C=N–C) groups is 1. The Morgan fingerprint density at radius 3 is 2.55 bits per heavy atom. The number of guanidine groups is 1. The third-order valence-electron chi connectivity index (χ3n) is 5.20. The number of nitrogens with zero attached hydrogens (tertiary/aromatic N) is 3. The van der Waals surface area contributed by atoms with E-state index in [1.54, 1.807) is 20.2 Å². The van der Waals surface area contributed by atoms with E-state index >= 15 is 0 Å². The van der Waals surface area contributed by atoms with Gasteiger partial charge >= 0.3 is 0 Å². The number of furan rings is 1. The van der Waals surface area contributed by atoms with Gasteiger partial charge in [-0.25, -0.2) is 0 Å². The van der Waals surface area contributed by atoms with Crippen LogP contribution in [0.5, 0.6) is 5.75 Å². The maximum Gasteiger partial charge on any atom is 0.287 e. The second-order valence-corrected chi connectivity index (χ2v) is 7.19. The number of halogens is 1. The first-order valence-corrected chi connectivity index (χ1v) is 10.3. The number of amides is 1. The van der Waals surface area contributed by atoms with Crippen molar-refractivity contribution in [2.45, 2.75) is 13.3 Å². The Kier molecular flexibility index (Phi) is 9.96. The second kappa shape index (κ2) is 12.4. The monoisotopic (exact) mass is 541 g/mol. The molecule has 3 rings (SSSR count). The molecule has 0 saturated carbocycles. The lowest BCUT2D eigenvalue weighted by Gasteiger charge is -2.37. The summed E-state index contributed by atoms with van der Waals surface area (Å²) in [5, 5.41) is 6.28. The van der Waals surface area contributed by atoms with Gasteiger partial charge in [0.25, 0.3) is 5.91 Å². The first-order chi connectivity index (χ1) is 14.6. The normalized spacial score (nSPS) is 14.1. The Balaban J connectivity index is 0.00000341. The molecule has 1 aliphatic rings. The van der Waals surface area contributed by atoms with Gasteiger partial charge in [-0.1, -0.05) is 6.07 Å². The van der Waals surface area contributed by atoms with E-state index in [1.807, 2.05) is 19.1 Å². The number of aryl methyl sites for hydroxylation is 1. The van der Waals surface area contributed by atoms with Crippen LogP contribution in [0.4, 0.5) is 5.69 Å². The maximum absolute atomic E-state index is 12.0. The smallest absolute Gasteiger partial charge is 0.287 e. The fourth-order valence-electron chi connectivity index (χ4n) is 3.49. The van der Waals surface area contributed by atoms with Crippen LogP contribution in [-0.4, -0.2) is 70.2 Å². The summed E-state index contributed by atoms with van der Waals surface area (Å²) in [6.07, 6.45) is 2.33. The van der Waals surface area contributed by atoms with Crippen molar-refractivity contribution in [1.82, 2.24) is 15.5 Å². The van der Waals surface area contributed by atoms with Crippen LogP contribution in [0.25, 0.3) is 0 Å². The fraction of sp³-hybridized carbons (Fsp3) is 0.455. The van der Waals surface area contributed by atoms with Gasteiger partial charge in [0.1, 0.15) is 5.75 Å². The van der Waals surface area contributed by atoms with Crippen molar-refractivity contribution in [3.05, 3.63) is 47.9 Å². The minimum absolute atomic E-state index is 0. The van der Waals surface area contributed by atoms with Gasteiger partial charge < -0.3 is 29.6 Å². The first-order valence-electron chi connectivity index (χ1n) is 10.3. The number of ether oxygens (including phenoxy) is 1. The third-order valence-corrected chi connectivity index (χ3v) is 5.20. The Hall–Kier alpha value is -2.43. The van der Waals surface area contributed by atoms with Gasteiger partial charge in [-0.15, -0.1) is 24.0 Å². The fourth-order valence-corrected chi connectivity index (χ4v) is 3.49. The van der Waals surface area contributed by atoms with Crippen LogP contribution in [0.3, 0.4) is 0 Å². The van der Waals surface area contributed by atoms with E-state index in [4.69, 9.17) is 9.15 Å². The highest BCUT2D eigenvalue weighted by Crippen LogP contribution is 2.22. The molecule has 1 aromatic heterocycles. The number of benzene rings is 1. The molecular weight excluding hydrogens is 509 g/mol. The average molecular weight is 541 g/mol. The van der Waals surface area contributed by atoms with Crippen molar-refractivity contribution in [3.63, 3.8) is 0 Å². The van der Waals surface area contributed by atoms with Gasteiger partial charge in [0.2, 0.25) is 0 Å². The second-order valence-electron chi connectivity index (χ2n) is 7.19. The highest BCUT2D eigenvalue weighted by molar-refractivity contribution is 14.0. The first kappa shape index (κ1) is 24.8. The molecule has 0 unspecified atom stereocenters. The minimum Gasteiger partial charge on any atom is -0.497 e. The van der Waals surface area contributed by atoms with E-state index in [1.165, 1.54) is 12.0 Å². The number of carbonyl (C=O) groups excluding carboxylic acids is 1. The van der Waals surface area contributed by atoms with Gasteiger partial charge in [0.15, 0.2) is 11.7 Å². The van der Waals surface area contributed by atoms with Crippen molar-refractivity contribution in [3.8, 4) is 5.75 Å². The standard InChI is InChI=1S/C22H31N5O3.HI/c1-17-8-15-30-20(17)21(28)24-9-5-10-25-22(23-2)27-13-11-26(12-14-27)18-6-4-7-19(16-18)29-3;/h4,6-8,15-16H,5,9-14H2,1-3H3,(H,23,25)(H,24,28);1H. The van der Waals surface area contributed by atoms with E-state index in [-0.39, 0.29) is 29.9 Å². The molecule has 8 nitrogen and oxygen atoms in total. The molecule has 31 heavy (non-hydrogen) atoms. The zero-order valence-electron chi connectivity index (χ0n) is 18.4. The molecule has 2 N–H and O–H groups in total. The van der Waals surface area contributed by atoms with E-state index in [0.717, 1.165) is 56.4 Å². The number of nitrogens with one attached hydrogen (secondary N) is 2. The number of rotatable bonds is 7. The van der Waals surface area contributed by atoms with Crippen LogP contribution in [0.1, 0.15) is 22.5 Å². The van der Waals surface area contributed by atoms with Gasteiger partial charge in [-0.05, 0) is 31.5 Å². The lowest BCUT2D eigenvalue weighted by Crippen LogP contribution is -2.52. The number of hydrogen-bond donors (Lipinski definition) is 2. The zero-order chi connectivity index (χ0) is 21.3. The molecule has 1 fully saturated rings. The summed E-state index contributed by atoms with van der Waals surface area (Å²) in [4.78, 5) is 21.1. The molecule has 0 atom stereocenters. The quantitative estimate of drug-likeness (QED) is 0.243. The largest absolute Gasteiger partial charge is 0.497 e. The molecular formula is C22H32IN5O3. The molecule has 1 saturated heterocycles. The van der Waals surface area contributed by atoms with Crippen LogP contribution < -0.4 is 20.3 Å². The summed E-state index contributed by atoms with van der Waals surface area (Å²) in [6.45, 7) is 6.81. The third kappa shape index (κ3) is 6.78. The molecule has 9 heteroatoms. The van der Waals surface area contributed by atoms with Crippen LogP contribution >= 0.6 is 24.0 Å². The summed E-state index contributed by atoms with van der Waals surface area (Å²) in [6, 6.07) is 9.95. The molecule has 0 bridgehead atoms. The molecule has 2 aromatic rings. The molecule has 2 heterocycles. The molecule has 1 aromatic carbocycles. The van der Waals surface area contributed by atoms with E-state index in [9.17, 15) is 4.79 Å². The molecule has 0 radical (unpaired) electrons. The number of piperazine rings is 1. The van der Waals surface area contributed by atoms with Gasteiger partial charge in [-0.2, -0.15) is 0 Å². The van der Waals surface area contributed by atoms with Crippen LogP contribution in [0, 0.1) is 6.92 Å². The number of carbonyl (C=O) groups is 1. The average Bonchev–Trinajstić information content (AvgIpc) is 3.22. The van der Waals surface area contributed by atoms with Crippen LogP contribution in [0.2, 0.25) is 0 Å². The highest BCUT2D eigenvalue weighted by Gasteiger charge is 2.20. The zero-order valence-corrected chi connectivity index (χ0v) is 20.7. The summed E-state index contributed by atoms with van der Waals surface area (Å²) in [5.41, 5.74) is 2.03. The maximum atomic E-state index is 12.0. The Morgan fingerprint density at radius 1 is 1.16 bits per heavy atom. The molecule has 1 aliphatic heterocycles. The van der Waals surface area contributed by atoms with Crippen molar-refractivity contribution in [1.29, 1.82) is 0 Å². The predicted octanol–water partition coefficient (Wildman–Crippen LogP) is 2.73. The van der Waals surface area contributed by atoms with E-state index in [0.29, 0.717) is 12.3 Å². The SMILES string of the molecule is CN=C(NCCCNC(=O)c1occc1C)N1CCN(c2cccc(OC)c2)CC1.I. The molecule has 1 amide bonds. The summed E-state index contributed by atoms with van der Waals surface area (Å²) < 4.78 is 10.5. The van der Waals surface area contributed by atoms with Crippen molar-refractivity contribution in [2.24, 2.45) is 4.99 Å². The summed E-state index contributed by atoms with van der Waals surface area (Å²) in [5.74, 6) is 1.98. The molecule has 0 aliphatic carbocycles. The molecule has 170 valence electrons. The predicted molar refractivity (Wildman–Crippen MR) is 134 cm³/mol. The van der Waals surface area contributed by atoms with E-state index < -0.39 is 0 Å². The Labute approximate surface area is 201 Å². The van der Waals surface area contributed by atoms with Crippen molar-refractivity contribution < 1.29 is 13.9 Å². The van der Waals surface area contributed by atoms with Crippen molar-refractivity contribution in [2.75, 3.05) is 58.3 Å². The number of anilines is 1. The summed E-state index contributed by atoms with van der Waals surface area (Å²) >= 11 is 0. The van der Waals surface area contributed by atoms with Crippen molar-refractivity contribution >= 4 is 41.5 Å². The Bertz CT molecular complexity index is 862. The Morgan fingerprint density at radius 2 is 1.90 bits per heavy atom. The van der Waals surface area contributed by atoms with E-state index in [2.05, 4.69) is 37.6 Å².